The number of halogens is 2. The third-order valence-electron chi connectivity index (χ3n) is 2.86. The Hall–Kier alpha value is -2.07. The summed E-state index contributed by atoms with van der Waals surface area (Å²) in [6.07, 6.45) is -0.140. The van der Waals surface area contributed by atoms with Gasteiger partial charge in [0.2, 0.25) is 0 Å². The van der Waals surface area contributed by atoms with Gasteiger partial charge in [0.25, 0.3) is 0 Å². The smallest absolute Gasteiger partial charge is 0.307 e. The Bertz CT molecular complexity index is 656. The van der Waals surface area contributed by atoms with Gasteiger partial charge in [-0.25, -0.2) is 4.39 Å². The van der Waals surface area contributed by atoms with E-state index >= 15 is 0 Å². The lowest BCUT2D eigenvalue weighted by atomic mass is 10.00. The summed E-state index contributed by atoms with van der Waals surface area (Å²) in [7, 11) is 1.47. The lowest BCUT2D eigenvalue weighted by Gasteiger charge is -2.11. The number of carboxylic acids is 1. The maximum absolute atomic E-state index is 14.1. The highest BCUT2D eigenvalue weighted by Crippen LogP contribution is 2.35. The molecule has 2 aromatic carbocycles. The van der Waals surface area contributed by atoms with E-state index in [2.05, 4.69) is 0 Å². The standard InChI is InChI=1S/C15H12ClFO3/c1-20-13-6-5-9(8-14(18)19)7-11(13)10-3-2-4-12(16)15(10)17/h2-7H,8H2,1H3,(H,18,19). The Kier molecular flexibility index (Phi) is 4.25. The quantitative estimate of drug-likeness (QED) is 0.933. The van der Waals surface area contributed by atoms with E-state index in [0.717, 1.165) is 0 Å². The summed E-state index contributed by atoms with van der Waals surface area (Å²) in [5.74, 6) is -1.05. The number of hydrogen-bond acceptors (Lipinski definition) is 2. The van der Waals surface area contributed by atoms with Crippen molar-refractivity contribution in [2.75, 3.05) is 7.11 Å². The van der Waals surface area contributed by atoms with Crippen molar-refractivity contribution in [3.63, 3.8) is 0 Å². The van der Waals surface area contributed by atoms with Crippen molar-refractivity contribution in [3.05, 3.63) is 52.8 Å². The van der Waals surface area contributed by atoms with Crippen LogP contribution in [0.1, 0.15) is 5.56 Å². The van der Waals surface area contributed by atoms with E-state index < -0.39 is 11.8 Å². The molecule has 0 heterocycles. The molecule has 0 bridgehead atoms. The van der Waals surface area contributed by atoms with Gasteiger partial charge < -0.3 is 9.84 Å². The Morgan fingerprint density at radius 3 is 2.70 bits per heavy atom. The number of hydrogen-bond donors (Lipinski definition) is 1. The van der Waals surface area contributed by atoms with Gasteiger partial charge in [-0.2, -0.15) is 0 Å². The molecular formula is C15H12ClFO3. The summed E-state index contributed by atoms with van der Waals surface area (Å²) in [5.41, 5.74) is 1.32. The number of ether oxygens (including phenoxy) is 1. The van der Waals surface area contributed by atoms with Gasteiger partial charge in [-0.3, -0.25) is 4.79 Å². The number of benzene rings is 2. The molecule has 0 aliphatic heterocycles. The molecule has 0 atom stereocenters. The van der Waals surface area contributed by atoms with Gasteiger partial charge in [-0.1, -0.05) is 29.8 Å². The van der Waals surface area contributed by atoms with Crippen molar-refractivity contribution < 1.29 is 19.0 Å². The van der Waals surface area contributed by atoms with Crippen LogP contribution >= 0.6 is 11.6 Å². The molecule has 0 unspecified atom stereocenters. The number of carboxylic acid groups (broad SMARTS) is 1. The van der Waals surface area contributed by atoms with Crippen LogP contribution in [0.15, 0.2) is 36.4 Å². The Morgan fingerprint density at radius 1 is 1.30 bits per heavy atom. The van der Waals surface area contributed by atoms with Gasteiger partial charge in [-0.15, -0.1) is 0 Å². The van der Waals surface area contributed by atoms with E-state index in [1.165, 1.54) is 13.2 Å². The van der Waals surface area contributed by atoms with Crippen LogP contribution in [0.4, 0.5) is 4.39 Å². The van der Waals surface area contributed by atoms with Gasteiger partial charge in [0.1, 0.15) is 11.6 Å². The third-order valence-corrected chi connectivity index (χ3v) is 3.15. The zero-order valence-corrected chi connectivity index (χ0v) is 11.4. The van der Waals surface area contributed by atoms with E-state index in [4.69, 9.17) is 21.4 Å². The lowest BCUT2D eigenvalue weighted by Crippen LogP contribution is -2.01. The summed E-state index contributed by atoms with van der Waals surface area (Å²) in [4.78, 5) is 10.8. The van der Waals surface area contributed by atoms with Crippen LogP contribution in [0.2, 0.25) is 5.02 Å². The van der Waals surface area contributed by atoms with Gasteiger partial charge in [-0.05, 0) is 23.8 Å². The van der Waals surface area contributed by atoms with Crippen molar-refractivity contribution in [3.8, 4) is 16.9 Å². The minimum absolute atomic E-state index is 0.00758. The summed E-state index contributed by atoms with van der Waals surface area (Å²) < 4.78 is 19.3. The molecule has 5 heteroatoms. The van der Waals surface area contributed by atoms with E-state index in [0.29, 0.717) is 16.9 Å². The van der Waals surface area contributed by atoms with Crippen molar-refractivity contribution in [2.24, 2.45) is 0 Å². The van der Waals surface area contributed by atoms with Crippen LogP contribution in [0.5, 0.6) is 5.75 Å². The van der Waals surface area contributed by atoms with Crippen LogP contribution in [-0.2, 0) is 11.2 Å². The average Bonchev–Trinajstić information content (AvgIpc) is 2.41. The second-order valence-corrected chi connectivity index (χ2v) is 4.61. The first-order chi connectivity index (χ1) is 9.52. The lowest BCUT2D eigenvalue weighted by molar-refractivity contribution is -0.136. The maximum Gasteiger partial charge on any atom is 0.307 e. The number of carbonyl (C=O) groups is 1. The zero-order chi connectivity index (χ0) is 14.7. The number of methoxy groups -OCH3 is 1. The number of aliphatic carboxylic acids is 1. The fraction of sp³-hybridized carbons (Fsp3) is 0.133. The summed E-state index contributed by atoms with van der Waals surface area (Å²) >= 11 is 5.77. The summed E-state index contributed by atoms with van der Waals surface area (Å²) in [6.45, 7) is 0. The van der Waals surface area contributed by atoms with E-state index in [-0.39, 0.29) is 17.0 Å². The van der Waals surface area contributed by atoms with Crippen LogP contribution in [0, 0.1) is 5.82 Å². The first-order valence-corrected chi connectivity index (χ1v) is 6.24. The molecule has 0 saturated heterocycles. The highest BCUT2D eigenvalue weighted by atomic mass is 35.5. The molecule has 0 radical (unpaired) electrons. The molecule has 2 aromatic rings. The normalized spacial score (nSPS) is 10.3. The van der Waals surface area contributed by atoms with E-state index in [9.17, 15) is 9.18 Å². The second-order valence-electron chi connectivity index (χ2n) is 4.21. The van der Waals surface area contributed by atoms with Crippen LogP contribution in [0.3, 0.4) is 0 Å². The van der Waals surface area contributed by atoms with Crippen LogP contribution < -0.4 is 4.74 Å². The highest BCUT2D eigenvalue weighted by molar-refractivity contribution is 6.31. The average molecular weight is 295 g/mol. The Balaban J connectivity index is 2.58. The van der Waals surface area contributed by atoms with Gasteiger partial charge in [0, 0.05) is 11.1 Å². The fourth-order valence-electron chi connectivity index (χ4n) is 1.96. The predicted octanol–water partition coefficient (Wildman–Crippen LogP) is 3.78. The zero-order valence-electron chi connectivity index (χ0n) is 10.7. The molecule has 0 aliphatic rings. The maximum atomic E-state index is 14.1. The largest absolute Gasteiger partial charge is 0.496 e. The molecule has 0 amide bonds. The number of rotatable bonds is 4. The van der Waals surface area contributed by atoms with Crippen molar-refractivity contribution in [1.82, 2.24) is 0 Å². The van der Waals surface area contributed by atoms with Crippen LogP contribution in [0.25, 0.3) is 11.1 Å². The molecule has 104 valence electrons. The molecule has 3 nitrogen and oxygen atoms in total. The summed E-state index contributed by atoms with van der Waals surface area (Å²) in [6, 6.07) is 9.51. The predicted molar refractivity (Wildman–Crippen MR) is 74.7 cm³/mol. The molecule has 1 N–H and O–H groups in total. The molecular weight excluding hydrogens is 283 g/mol. The van der Waals surface area contributed by atoms with Crippen molar-refractivity contribution in [2.45, 2.75) is 6.42 Å². The van der Waals surface area contributed by atoms with E-state index in [1.54, 1.807) is 30.3 Å². The van der Waals surface area contributed by atoms with Gasteiger partial charge in [0.15, 0.2) is 0 Å². The molecule has 0 spiro atoms. The topological polar surface area (TPSA) is 46.5 Å². The molecule has 0 aromatic heterocycles. The van der Waals surface area contributed by atoms with Crippen molar-refractivity contribution >= 4 is 17.6 Å². The fourth-order valence-corrected chi connectivity index (χ4v) is 2.14. The third kappa shape index (κ3) is 2.91. The van der Waals surface area contributed by atoms with Gasteiger partial charge >= 0.3 is 5.97 Å². The first kappa shape index (κ1) is 14.3. The van der Waals surface area contributed by atoms with E-state index in [1.807, 2.05) is 0 Å². The Labute approximate surface area is 120 Å². The molecule has 20 heavy (non-hydrogen) atoms. The second kappa shape index (κ2) is 5.92. The molecule has 0 aliphatic carbocycles. The monoisotopic (exact) mass is 294 g/mol. The Morgan fingerprint density at radius 2 is 2.05 bits per heavy atom. The molecule has 0 saturated carbocycles. The highest BCUT2D eigenvalue weighted by Gasteiger charge is 2.14. The molecule has 2 rings (SSSR count). The minimum atomic E-state index is -0.951. The molecule has 0 fully saturated rings. The van der Waals surface area contributed by atoms with Crippen LogP contribution in [-0.4, -0.2) is 18.2 Å². The van der Waals surface area contributed by atoms with Gasteiger partial charge in [0.05, 0.1) is 18.6 Å². The SMILES string of the molecule is COc1ccc(CC(=O)O)cc1-c1cccc(Cl)c1F. The first-order valence-electron chi connectivity index (χ1n) is 5.86. The van der Waals surface area contributed by atoms with Crippen molar-refractivity contribution in [1.29, 1.82) is 0 Å². The minimum Gasteiger partial charge on any atom is -0.496 e. The summed E-state index contributed by atoms with van der Waals surface area (Å²) in [5, 5.41) is 8.83.